The van der Waals surface area contributed by atoms with Crippen molar-refractivity contribution >= 4 is 33.2 Å². The number of nitrogens with one attached hydrogen (secondary N) is 1. The number of rotatable bonds is 3. The average Bonchev–Trinajstić information content (AvgIpc) is 2.78. The third kappa shape index (κ3) is 2.93. The van der Waals surface area contributed by atoms with Crippen LogP contribution in [-0.4, -0.2) is 26.5 Å². The average molecular weight is 282 g/mol. The summed E-state index contributed by atoms with van der Waals surface area (Å²) >= 11 is 1.17. The van der Waals surface area contributed by atoms with Crippen molar-refractivity contribution in [1.29, 1.82) is 0 Å². The molecule has 1 heterocycles. The van der Waals surface area contributed by atoms with Crippen molar-refractivity contribution in [2.24, 2.45) is 0 Å². The molecule has 0 spiro atoms. The summed E-state index contributed by atoms with van der Waals surface area (Å²) in [7, 11) is -1.10. The fraction of sp³-hybridized carbons (Fsp3) is 0.0909. The molecule has 1 unspecified atom stereocenters. The molecule has 1 amide bonds. The number of amides is 1. The number of hydrogen-bond acceptors (Lipinski definition) is 5. The van der Waals surface area contributed by atoms with Gasteiger partial charge in [0.2, 0.25) is 0 Å². The number of carbonyl (C=O) groups is 1. The van der Waals surface area contributed by atoms with E-state index in [0.717, 1.165) is 0 Å². The number of phenols is 1. The van der Waals surface area contributed by atoms with Crippen LogP contribution in [0, 0.1) is 0 Å². The van der Waals surface area contributed by atoms with Crippen LogP contribution in [0.3, 0.4) is 0 Å². The number of hydrogen-bond donors (Lipinski definition) is 2. The monoisotopic (exact) mass is 282 g/mol. The topological polar surface area (TPSA) is 79.3 Å². The largest absolute Gasteiger partial charge is 0.508 e. The summed E-state index contributed by atoms with van der Waals surface area (Å²) in [6.07, 6.45) is 3.03. The van der Waals surface area contributed by atoms with Crippen LogP contribution >= 0.6 is 11.3 Å². The molecule has 1 atom stereocenters. The molecule has 0 radical (unpaired) electrons. The summed E-state index contributed by atoms with van der Waals surface area (Å²) < 4.78 is 11.8. The molecule has 0 bridgehead atoms. The fourth-order valence-corrected chi connectivity index (χ4v) is 2.68. The van der Waals surface area contributed by atoms with Crippen LogP contribution in [-0.2, 0) is 10.8 Å². The maximum absolute atomic E-state index is 11.8. The third-order valence-electron chi connectivity index (χ3n) is 2.12. The third-order valence-corrected chi connectivity index (χ3v) is 4.45. The predicted molar refractivity (Wildman–Crippen MR) is 70.5 cm³/mol. The Labute approximate surface area is 110 Å². The minimum absolute atomic E-state index is 0.101. The van der Waals surface area contributed by atoms with Gasteiger partial charge in [-0.1, -0.05) is 11.3 Å². The SMILES string of the molecule is CS(=O)c1cnc(NC(=O)c2ccc(O)cc2)s1. The Morgan fingerprint density at radius 3 is 2.61 bits per heavy atom. The number of aromatic hydroxyl groups is 1. The first kappa shape index (κ1) is 12.7. The number of aromatic nitrogens is 1. The maximum atomic E-state index is 11.8. The summed E-state index contributed by atoms with van der Waals surface area (Å²) in [6, 6.07) is 5.89. The van der Waals surface area contributed by atoms with Gasteiger partial charge in [-0.25, -0.2) is 4.98 Å². The fourth-order valence-electron chi connectivity index (χ4n) is 1.23. The summed E-state index contributed by atoms with van der Waals surface area (Å²) in [4.78, 5) is 15.8. The maximum Gasteiger partial charge on any atom is 0.257 e. The van der Waals surface area contributed by atoms with Crippen molar-refractivity contribution in [2.45, 2.75) is 4.21 Å². The van der Waals surface area contributed by atoms with E-state index in [1.807, 2.05) is 0 Å². The van der Waals surface area contributed by atoms with E-state index < -0.39 is 10.8 Å². The highest BCUT2D eigenvalue weighted by Gasteiger charge is 2.10. The highest BCUT2D eigenvalue weighted by Crippen LogP contribution is 2.21. The first-order valence-corrected chi connectivity index (χ1v) is 7.33. The number of phenolic OH excluding ortho intramolecular Hbond substituents is 1. The van der Waals surface area contributed by atoms with Crippen LogP contribution in [0.5, 0.6) is 5.75 Å². The number of thiazole rings is 1. The zero-order chi connectivity index (χ0) is 13.1. The van der Waals surface area contributed by atoms with Crippen LogP contribution in [0.4, 0.5) is 5.13 Å². The lowest BCUT2D eigenvalue weighted by molar-refractivity contribution is 0.102. The first-order valence-electron chi connectivity index (χ1n) is 4.96. The number of anilines is 1. The molecule has 0 saturated carbocycles. The van der Waals surface area contributed by atoms with Gasteiger partial charge >= 0.3 is 0 Å². The molecular weight excluding hydrogens is 272 g/mol. The van der Waals surface area contributed by atoms with Crippen LogP contribution in [0.2, 0.25) is 0 Å². The van der Waals surface area contributed by atoms with Gasteiger partial charge in [-0.05, 0) is 24.3 Å². The highest BCUT2D eigenvalue weighted by atomic mass is 32.2. The van der Waals surface area contributed by atoms with E-state index in [0.29, 0.717) is 14.9 Å². The predicted octanol–water partition coefficient (Wildman–Crippen LogP) is 1.84. The second kappa shape index (κ2) is 5.28. The molecule has 1 aromatic carbocycles. The molecule has 1 aromatic heterocycles. The molecule has 0 aliphatic rings. The van der Waals surface area contributed by atoms with E-state index in [4.69, 9.17) is 5.11 Å². The normalized spacial score (nSPS) is 12.1. The molecule has 2 rings (SSSR count). The zero-order valence-electron chi connectivity index (χ0n) is 9.41. The van der Waals surface area contributed by atoms with Gasteiger partial charge in [-0.2, -0.15) is 0 Å². The number of benzene rings is 1. The van der Waals surface area contributed by atoms with E-state index in [9.17, 15) is 9.00 Å². The van der Waals surface area contributed by atoms with Crippen LogP contribution in [0.1, 0.15) is 10.4 Å². The van der Waals surface area contributed by atoms with E-state index in [1.54, 1.807) is 6.26 Å². The molecule has 0 aliphatic heterocycles. The molecule has 0 saturated heterocycles. The standard InChI is InChI=1S/C11H10N2O3S2/c1-18(16)9-6-12-11(17-9)13-10(15)7-2-4-8(14)5-3-7/h2-6,14H,1H3,(H,12,13,15). The summed E-state index contributed by atoms with van der Waals surface area (Å²) in [6.45, 7) is 0. The van der Waals surface area contributed by atoms with Crippen molar-refractivity contribution < 1.29 is 14.1 Å². The Morgan fingerprint density at radius 1 is 1.39 bits per heavy atom. The summed E-state index contributed by atoms with van der Waals surface area (Å²) in [5, 5.41) is 12.1. The lowest BCUT2D eigenvalue weighted by atomic mass is 10.2. The van der Waals surface area contributed by atoms with E-state index >= 15 is 0 Å². The molecule has 2 aromatic rings. The quantitative estimate of drug-likeness (QED) is 0.900. The molecule has 18 heavy (non-hydrogen) atoms. The second-order valence-corrected chi connectivity index (χ2v) is 6.08. The molecular formula is C11H10N2O3S2. The molecule has 0 aliphatic carbocycles. The Hall–Kier alpha value is -1.73. The van der Waals surface area contributed by atoms with Crippen molar-refractivity contribution in [3.8, 4) is 5.75 Å². The van der Waals surface area contributed by atoms with Crippen molar-refractivity contribution in [2.75, 3.05) is 11.6 Å². The van der Waals surface area contributed by atoms with Gasteiger partial charge in [0.15, 0.2) is 5.13 Å². The Kier molecular flexibility index (Phi) is 3.73. The summed E-state index contributed by atoms with van der Waals surface area (Å²) in [5.41, 5.74) is 0.419. The van der Waals surface area contributed by atoms with E-state index in [-0.39, 0.29) is 11.7 Å². The second-order valence-electron chi connectivity index (χ2n) is 3.44. The van der Waals surface area contributed by atoms with Crippen molar-refractivity contribution in [3.63, 3.8) is 0 Å². The molecule has 2 N–H and O–H groups in total. The van der Waals surface area contributed by atoms with Crippen LogP contribution < -0.4 is 5.32 Å². The van der Waals surface area contributed by atoms with E-state index in [1.165, 1.54) is 41.8 Å². The Bertz CT molecular complexity index is 593. The van der Waals surface area contributed by atoms with Gasteiger partial charge in [0.25, 0.3) is 5.91 Å². The van der Waals surface area contributed by atoms with Crippen LogP contribution in [0.15, 0.2) is 34.7 Å². The Morgan fingerprint density at radius 2 is 2.06 bits per heavy atom. The van der Waals surface area contributed by atoms with E-state index in [2.05, 4.69) is 10.3 Å². The minimum atomic E-state index is -1.10. The lowest BCUT2D eigenvalue weighted by Gasteiger charge is -2.01. The lowest BCUT2D eigenvalue weighted by Crippen LogP contribution is -2.11. The van der Waals surface area contributed by atoms with Gasteiger partial charge in [-0.3, -0.25) is 14.3 Å². The highest BCUT2D eigenvalue weighted by molar-refractivity contribution is 7.86. The first-order chi connectivity index (χ1) is 8.56. The van der Waals surface area contributed by atoms with Crippen molar-refractivity contribution in [1.82, 2.24) is 4.98 Å². The number of carbonyl (C=O) groups excluding carboxylic acids is 1. The smallest absolute Gasteiger partial charge is 0.257 e. The van der Waals surface area contributed by atoms with Gasteiger partial charge in [0.05, 0.1) is 17.0 Å². The molecule has 94 valence electrons. The van der Waals surface area contributed by atoms with Gasteiger partial charge in [0.1, 0.15) is 9.96 Å². The van der Waals surface area contributed by atoms with Gasteiger partial charge in [0, 0.05) is 11.8 Å². The Balaban J connectivity index is 2.11. The molecule has 7 heteroatoms. The molecule has 5 nitrogen and oxygen atoms in total. The van der Waals surface area contributed by atoms with Crippen molar-refractivity contribution in [3.05, 3.63) is 36.0 Å². The number of nitrogens with zero attached hydrogens (tertiary/aromatic N) is 1. The van der Waals surface area contributed by atoms with Gasteiger partial charge in [-0.15, -0.1) is 0 Å². The zero-order valence-corrected chi connectivity index (χ0v) is 11.0. The van der Waals surface area contributed by atoms with Crippen LogP contribution in [0.25, 0.3) is 0 Å². The van der Waals surface area contributed by atoms with Gasteiger partial charge < -0.3 is 5.11 Å². The summed E-state index contributed by atoms with van der Waals surface area (Å²) in [5.74, 6) is -0.220. The minimum Gasteiger partial charge on any atom is -0.508 e. The molecule has 0 fully saturated rings.